The van der Waals surface area contributed by atoms with E-state index in [-0.39, 0.29) is 11.4 Å². The van der Waals surface area contributed by atoms with Crippen LogP contribution in [0.5, 0.6) is 0 Å². The van der Waals surface area contributed by atoms with Gasteiger partial charge in [-0.15, -0.1) is 0 Å². The number of amides is 1. The minimum atomic E-state index is -0.217. The van der Waals surface area contributed by atoms with Gasteiger partial charge in [0.1, 0.15) is 5.54 Å². The first kappa shape index (κ1) is 9.93. The molecule has 0 saturated carbocycles. The number of rotatable bonds is 2. The van der Waals surface area contributed by atoms with E-state index < -0.39 is 0 Å². The number of hydrogen-bond donors (Lipinski definition) is 0. The summed E-state index contributed by atoms with van der Waals surface area (Å²) < 4.78 is 0. The third-order valence-electron chi connectivity index (χ3n) is 3.60. The van der Waals surface area contributed by atoms with Crippen molar-refractivity contribution in [3.8, 4) is 0 Å². The fraction of sp³-hybridized carbons (Fsp3) is 0.900. The molecule has 2 fully saturated rings. The zero-order valence-electron chi connectivity index (χ0n) is 8.95. The molecule has 2 aliphatic heterocycles. The van der Waals surface area contributed by atoms with Gasteiger partial charge in [-0.1, -0.05) is 0 Å². The Morgan fingerprint density at radius 1 is 1.36 bits per heavy atom. The Morgan fingerprint density at radius 3 is 2.43 bits per heavy atom. The number of fused-ring (bicyclic) bond motifs is 1. The minimum absolute atomic E-state index is 0.134. The Labute approximate surface area is 84.8 Å². The molecular weight excluding hydrogens is 180 g/mol. The maximum Gasteiger partial charge on any atom is 0.266 e. The van der Waals surface area contributed by atoms with Gasteiger partial charge in [-0.25, -0.2) is 5.06 Å². The van der Waals surface area contributed by atoms with Gasteiger partial charge in [0.2, 0.25) is 0 Å². The molecule has 0 atom stereocenters. The molecule has 2 rings (SSSR count). The molecule has 0 bridgehead atoms. The van der Waals surface area contributed by atoms with Crippen molar-refractivity contribution >= 4 is 5.91 Å². The van der Waals surface area contributed by atoms with Crippen molar-refractivity contribution in [1.82, 2.24) is 9.96 Å². The SMILES string of the molecule is CON(C)C(=O)C12CCCN1CCC2. The lowest BCUT2D eigenvalue weighted by atomic mass is 9.93. The topological polar surface area (TPSA) is 32.8 Å². The molecule has 2 heterocycles. The number of hydroxylamine groups is 2. The highest BCUT2D eigenvalue weighted by molar-refractivity contribution is 5.86. The van der Waals surface area contributed by atoms with E-state index in [1.165, 1.54) is 5.06 Å². The van der Waals surface area contributed by atoms with Crippen LogP contribution in [-0.4, -0.2) is 48.7 Å². The Balaban J connectivity index is 2.17. The lowest BCUT2D eigenvalue weighted by Gasteiger charge is -2.33. The van der Waals surface area contributed by atoms with Crippen LogP contribution in [0, 0.1) is 0 Å². The summed E-state index contributed by atoms with van der Waals surface area (Å²) >= 11 is 0. The third kappa shape index (κ3) is 1.25. The molecule has 0 spiro atoms. The predicted molar refractivity (Wildman–Crippen MR) is 52.6 cm³/mol. The zero-order chi connectivity index (χ0) is 10.2. The molecule has 0 aromatic carbocycles. The molecule has 0 radical (unpaired) electrons. The number of hydrogen-bond acceptors (Lipinski definition) is 3. The van der Waals surface area contributed by atoms with E-state index in [9.17, 15) is 4.79 Å². The summed E-state index contributed by atoms with van der Waals surface area (Å²) in [6, 6.07) is 0. The van der Waals surface area contributed by atoms with E-state index in [0.717, 1.165) is 38.8 Å². The van der Waals surface area contributed by atoms with E-state index in [4.69, 9.17) is 4.84 Å². The van der Waals surface area contributed by atoms with Gasteiger partial charge in [-0.2, -0.15) is 0 Å². The van der Waals surface area contributed by atoms with Crippen LogP contribution in [0.2, 0.25) is 0 Å². The lowest BCUT2D eigenvalue weighted by Crippen LogP contribution is -2.52. The fourth-order valence-electron chi connectivity index (χ4n) is 2.83. The van der Waals surface area contributed by atoms with Crippen LogP contribution in [0.4, 0.5) is 0 Å². The fourth-order valence-corrected chi connectivity index (χ4v) is 2.83. The van der Waals surface area contributed by atoms with Crippen molar-refractivity contribution < 1.29 is 9.63 Å². The van der Waals surface area contributed by atoms with Crippen LogP contribution in [-0.2, 0) is 9.63 Å². The first-order chi connectivity index (χ1) is 6.70. The Bertz CT molecular complexity index is 232. The number of likely N-dealkylation sites (N-methyl/N-ethyl adjacent to an activating group) is 1. The summed E-state index contributed by atoms with van der Waals surface area (Å²) in [7, 11) is 3.24. The third-order valence-corrected chi connectivity index (χ3v) is 3.60. The van der Waals surface area contributed by atoms with Gasteiger partial charge < -0.3 is 0 Å². The minimum Gasteiger partial charge on any atom is -0.289 e. The van der Waals surface area contributed by atoms with Gasteiger partial charge in [0.15, 0.2) is 0 Å². The molecule has 0 aromatic rings. The molecule has 2 aliphatic rings. The highest BCUT2D eigenvalue weighted by Gasteiger charge is 2.51. The van der Waals surface area contributed by atoms with Gasteiger partial charge >= 0.3 is 0 Å². The molecule has 0 unspecified atom stereocenters. The zero-order valence-corrected chi connectivity index (χ0v) is 8.95. The summed E-state index contributed by atoms with van der Waals surface area (Å²) in [6.45, 7) is 2.15. The van der Waals surface area contributed by atoms with Crippen LogP contribution in [0.15, 0.2) is 0 Å². The molecule has 0 N–H and O–H groups in total. The summed E-state index contributed by atoms with van der Waals surface area (Å²) in [4.78, 5) is 19.4. The smallest absolute Gasteiger partial charge is 0.266 e. The Hall–Kier alpha value is -0.610. The molecule has 80 valence electrons. The van der Waals surface area contributed by atoms with E-state index in [0.29, 0.717) is 0 Å². The molecule has 2 saturated heterocycles. The first-order valence-electron chi connectivity index (χ1n) is 5.28. The highest BCUT2D eigenvalue weighted by Crippen LogP contribution is 2.39. The Kier molecular flexibility index (Phi) is 2.49. The van der Waals surface area contributed by atoms with Crippen molar-refractivity contribution in [2.45, 2.75) is 31.2 Å². The van der Waals surface area contributed by atoms with Crippen LogP contribution in [0.25, 0.3) is 0 Å². The van der Waals surface area contributed by atoms with E-state index in [1.807, 2.05) is 0 Å². The standard InChI is InChI=1S/C10H18N2O2/c1-11(14-2)9(13)10-5-3-7-12(10)8-4-6-10/h3-8H2,1-2H3. The summed E-state index contributed by atoms with van der Waals surface area (Å²) in [6.07, 6.45) is 4.28. The summed E-state index contributed by atoms with van der Waals surface area (Å²) in [5.41, 5.74) is -0.217. The van der Waals surface area contributed by atoms with Gasteiger partial charge in [-0.3, -0.25) is 14.5 Å². The molecular formula is C10H18N2O2. The van der Waals surface area contributed by atoms with Crippen molar-refractivity contribution in [3.63, 3.8) is 0 Å². The largest absolute Gasteiger partial charge is 0.289 e. The van der Waals surface area contributed by atoms with Gasteiger partial charge in [-0.05, 0) is 38.8 Å². The molecule has 0 aliphatic carbocycles. The average molecular weight is 198 g/mol. The van der Waals surface area contributed by atoms with Crippen LogP contribution in [0.3, 0.4) is 0 Å². The number of carbonyl (C=O) groups is 1. The summed E-state index contributed by atoms with van der Waals surface area (Å²) in [5, 5.41) is 1.38. The second-order valence-corrected chi connectivity index (χ2v) is 4.21. The second kappa shape index (κ2) is 3.51. The van der Waals surface area contributed by atoms with Crippen molar-refractivity contribution in [2.24, 2.45) is 0 Å². The normalized spacial score (nSPS) is 25.0. The second-order valence-electron chi connectivity index (χ2n) is 4.21. The lowest BCUT2D eigenvalue weighted by molar-refractivity contribution is -0.179. The van der Waals surface area contributed by atoms with E-state index in [1.54, 1.807) is 14.2 Å². The van der Waals surface area contributed by atoms with Gasteiger partial charge in [0.05, 0.1) is 7.11 Å². The highest BCUT2D eigenvalue weighted by atomic mass is 16.7. The predicted octanol–water partition coefficient (Wildman–Crippen LogP) is 0.635. The van der Waals surface area contributed by atoms with Crippen molar-refractivity contribution in [2.75, 3.05) is 27.2 Å². The van der Waals surface area contributed by atoms with Crippen LogP contribution < -0.4 is 0 Å². The van der Waals surface area contributed by atoms with Crippen LogP contribution in [0.1, 0.15) is 25.7 Å². The van der Waals surface area contributed by atoms with E-state index in [2.05, 4.69) is 4.90 Å². The summed E-state index contributed by atoms with van der Waals surface area (Å²) in [5.74, 6) is 0.134. The van der Waals surface area contributed by atoms with Gasteiger partial charge in [0.25, 0.3) is 5.91 Å². The maximum atomic E-state index is 12.1. The molecule has 0 aromatic heterocycles. The first-order valence-corrected chi connectivity index (χ1v) is 5.28. The molecule has 4 heteroatoms. The van der Waals surface area contributed by atoms with E-state index >= 15 is 0 Å². The maximum absolute atomic E-state index is 12.1. The quantitative estimate of drug-likeness (QED) is 0.610. The van der Waals surface area contributed by atoms with Crippen molar-refractivity contribution in [3.05, 3.63) is 0 Å². The monoisotopic (exact) mass is 198 g/mol. The Morgan fingerprint density at radius 2 is 1.93 bits per heavy atom. The average Bonchev–Trinajstić information content (AvgIpc) is 2.73. The van der Waals surface area contributed by atoms with Crippen molar-refractivity contribution in [1.29, 1.82) is 0 Å². The molecule has 1 amide bonds. The van der Waals surface area contributed by atoms with Crippen LogP contribution >= 0.6 is 0 Å². The number of nitrogens with zero attached hydrogens (tertiary/aromatic N) is 2. The van der Waals surface area contributed by atoms with Gasteiger partial charge in [0, 0.05) is 7.05 Å². The number of carbonyl (C=O) groups excluding carboxylic acids is 1. The molecule has 14 heavy (non-hydrogen) atoms. The molecule has 4 nitrogen and oxygen atoms in total.